The zero-order valence-electron chi connectivity index (χ0n) is 13.4. The number of pyridine rings is 1. The molecule has 8 nitrogen and oxygen atoms in total. The molecule has 25 heavy (non-hydrogen) atoms. The number of aromatic nitrogens is 5. The third kappa shape index (κ3) is 2.94. The van der Waals surface area contributed by atoms with E-state index < -0.39 is 0 Å². The van der Waals surface area contributed by atoms with Crippen LogP contribution in [0.25, 0.3) is 5.65 Å². The highest BCUT2D eigenvalue weighted by Gasteiger charge is 2.21. The number of fused-ring (bicyclic) bond motifs is 1. The van der Waals surface area contributed by atoms with Crippen LogP contribution in [0.4, 0.5) is 11.6 Å². The van der Waals surface area contributed by atoms with Gasteiger partial charge in [-0.3, -0.25) is 4.40 Å². The molecule has 0 spiro atoms. The van der Waals surface area contributed by atoms with E-state index in [4.69, 9.17) is 16.9 Å². The summed E-state index contributed by atoms with van der Waals surface area (Å²) in [6, 6.07) is 3.71. The Morgan fingerprint density at radius 1 is 1.08 bits per heavy atom. The molecule has 1 aliphatic heterocycles. The van der Waals surface area contributed by atoms with Gasteiger partial charge in [-0.2, -0.15) is 5.26 Å². The Balaban J connectivity index is 1.56. The second kappa shape index (κ2) is 6.53. The third-order valence-corrected chi connectivity index (χ3v) is 4.52. The van der Waals surface area contributed by atoms with Gasteiger partial charge in [-0.05, 0) is 12.5 Å². The summed E-state index contributed by atoms with van der Waals surface area (Å²) >= 11 is 6.31. The van der Waals surface area contributed by atoms with E-state index in [1.165, 1.54) is 0 Å². The van der Waals surface area contributed by atoms with Crippen molar-refractivity contribution in [3.8, 4) is 6.07 Å². The summed E-state index contributed by atoms with van der Waals surface area (Å²) < 4.78 is 1.87. The number of hydrogen-bond acceptors (Lipinski definition) is 7. The number of hydrogen-bond donors (Lipinski definition) is 0. The molecule has 3 aromatic heterocycles. The number of nitriles is 1. The SMILES string of the molecule is N#Cc1cnc(N2CCCN(c3nccn4cnnc34)CC2)c(Cl)c1. The van der Waals surface area contributed by atoms with E-state index in [-0.39, 0.29) is 0 Å². The molecule has 0 aliphatic carbocycles. The van der Waals surface area contributed by atoms with Crippen LogP contribution >= 0.6 is 11.6 Å². The van der Waals surface area contributed by atoms with E-state index in [0.29, 0.717) is 10.6 Å². The molecule has 1 saturated heterocycles. The number of halogens is 1. The van der Waals surface area contributed by atoms with E-state index in [0.717, 1.165) is 49.9 Å². The van der Waals surface area contributed by atoms with Gasteiger partial charge in [-0.15, -0.1) is 10.2 Å². The van der Waals surface area contributed by atoms with Crippen LogP contribution in [0.1, 0.15) is 12.0 Å². The van der Waals surface area contributed by atoms with Crippen molar-refractivity contribution in [2.75, 3.05) is 36.0 Å². The smallest absolute Gasteiger partial charge is 0.203 e. The summed E-state index contributed by atoms with van der Waals surface area (Å²) in [5, 5.41) is 17.6. The average Bonchev–Trinajstić information content (AvgIpc) is 2.99. The summed E-state index contributed by atoms with van der Waals surface area (Å²) in [7, 11) is 0. The molecule has 1 aliphatic rings. The Labute approximate surface area is 149 Å². The lowest BCUT2D eigenvalue weighted by Gasteiger charge is -2.24. The first kappa shape index (κ1) is 15.6. The normalized spacial score (nSPS) is 15.2. The first-order chi connectivity index (χ1) is 12.3. The molecule has 3 aromatic rings. The third-order valence-electron chi connectivity index (χ3n) is 4.24. The van der Waals surface area contributed by atoms with Crippen LogP contribution in [0.5, 0.6) is 0 Å². The van der Waals surface area contributed by atoms with Crippen molar-refractivity contribution in [2.24, 2.45) is 0 Å². The molecule has 4 heterocycles. The van der Waals surface area contributed by atoms with Crippen LogP contribution in [-0.2, 0) is 0 Å². The van der Waals surface area contributed by atoms with Crippen molar-refractivity contribution in [1.82, 2.24) is 24.6 Å². The van der Waals surface area contributed by atoms with Gasteiger partial charge in [0.15, 0.2) is 5.82 Å². The minimum absolute atomic E-state index is 0.466. The first-order valence-electron chi connectivity index (χ1n) is 7.96. The van der Waals surface area contributed by atoms with Gasteiger partial charge in [-0.25, -0.2) is 9.97 Å². The topological polar surface area (TPSA) is 86.2 Å². The average molecular weight is 355 g/mol. The molecule has 4 rings (SSSR count). The molecule has 0 radical (unpaired) electrons. The van der Waals surface area contributed by atoms with Crippen LogP contribution in [0.3, 0.4) is 0 Å². The molecule has 0 saturated carbocycles. The lowest BCUT2D eigenvalue weighted by molar-refractivity contribution is 0.793. The van der Waals surface area contributed by atoms with Crippen molar-refractivity contribution in [2.45, 2.75) is 6.42 Å². The Bertz CT molecular complexity index is 947. The zero-order valence-corrected chi connectivity index (χ0v) is 14.1. The fourth-order valence-electron chi connectivity index (χ4n) is 3.03. The van der Waals surface area contributed by atoms with Gasteiger partial charge in [-0.1, -0.05) is 11.6 Å². The highest BCUT2D eigenvalue weighted by Crippen LogP contribution is 2.26. The predicted molar refractivity (Wildman–Crippen MR) is 93.8 cm³/mol. The van der Waals surface area contributed by atoms with Gasteiger partial charge < -0.3 is 9.80 Å². The minimum atomic E-state index is 0.466. The second-order valence-corrected chi connectivity index (χ2v) is 6.19. The Morgan fingerprint density at radius 3 is 2.64 bits per heavy atom. The molecule has 0 aromatic carbocycles. The summed E-state index contributed by atoms with van der Waals surface area (Å²) in [6.45, 7) is 3.24. The lowest BCUT2D eigenvalue weighted by Crippen LogP contribution is -2.32. The molecule has 1 fully saturated rings. The van der Waals surface area contributed by atoms with E-state index >= 15 is 0 Å². The van der Waals surface area contributed by atoms with Crippen molar-refractivity contribution < 1.29 is 0 Å². The van der Waals surface area contributed by atoms with Crippen LogP contribution in [0.2, 0.25) is 5.02 Å². The maximum absolute atomic E-state index is 8.95. The lowest BCUT2D eigenvalue weighted by atomic mass is 10.3. The van der Waals surface area contributed by atoms with Gasteiger partial charge in [0, 0.05) is 44.8 Å². The molecule has 0 amide bonds. The van der Waals surface area contributed by atoms with Crippen molar-refractivity contribution >= 4 is 28.9 Å². The van der Waals surface area contributed by atoms with Crippen molar-refractivity contribution in [3.05, 3.63) is 41.6 Å². The molecule has 9 heteroatoms. The second-order valence-electron chi connectivity index (χ2n) is 5.78. The fraction of sp³-hybridized carbons (Fsp3) is 0.312. The standard InChI is InChI=1S/C16H15ClN8/c17-13-8-12(9-18)10-20-14(13)23-3-1-4-24(7-6-23)15-16-22-21-11-25(16)5-2-19-15/h2,5,8,10-11H,1,3-4,6-7H2. The number of nitrogens with zero attached hydrogens (tertiary/aromatic N) is 8. The summed E-state index contributed by atoms with van der Waals surface area (Å²) in [4.78, 5) is 13.2. The van der Waals surface area contributed by atoms with Gasteiger partial charge in [0.1, 0.15) is 18.2 Å². The van der Waals surface area contributed by atoms with Crippen molar-refractivity contribution in [1.29, 1.82) is 5.26 Å². The maximum atomic E-state index is 8.95. The zero-order chi connectivity index (χ0) is 17.2. The monoisotopic (exact) mass is 354 g/mol. The van der Waals surface area contributed by atoms with E-state index in [2.05, 4.69) is 36.0 Å². The Hall–Kier alpha value is -2.92. The van der Waals surface area contributed by atoms with Crippen LogP contribution < -0.4 is 9.80 Å². The minimum Gasteiger partial charge on any atom is -0.354 e. The van der Waals surface area contributed by atoms with Crippen LogP contribution in [-0.4, -0.2) is 50.7 Å². The Morgan fingerprint density at radius 2 is 1.88 bits per heavy atom. The molecule has 0 N–H and O–H groups in total. The summed E-state index contributed by atoms with van der Waals surface area (Å²) in [5.41, 5.74) is 1.22. The highest BCUT2D eigenvalue weighted by molar-refractivity contribution is 6.33. The fourth-order valence-corrected chi connectivity index (χ4v) is 3.32. The summed E-state index contributed by atoms with van der Waals surface area (Å²) in [5.74, 6) is 1.55. The highest BCUT2D eigenvalue weighted by atomic mass is 35.5. The Kier molecular flexibility index (Phi) is 4.07. The largest absolute Gasteiger partial charge is 0.354 e. The van der Waals surface area contributed by atoms with Crippen LogP contribution in [0, 0.1) is 11.3 Å². The quantitative estimate of drug-likeness (QED) is 0.693. The molecule has 0 unspecified atom stereocenters. The number of anilines is 2. The van der Waals surface area contributed by atoms with E-state index in [1.807, 2.05) is 10.6 Å². The van der Waals surface area contributed by atoms with E-state index in [1.54, 1.807) is 24.8 Å². The van der Waals surface area contributed by atoms with E-state index in [9.17, 15) is 0 Å². The molecule has 0 atom stereocenters. The van der Waals surface area contributed by atoms with Gasteiger partial charge in [0.25, 0.3) is 0 Å². The molecular formula is C16H15ClN8. The predicted octanol–water partition coefficient (Wildman–Crippen LogP) is 1.76. The number of rotatable bonds is 2. The van der Waals surface area contributed by atoms with Gasteiger partial charge in [0.2, 0.25) is 5.65 Å². The molecular weight excluding hydrogens is 340 g/mol. The van der Waals surface area contributed by atoms with Crippen LogP contribution in [0.15, 0.2) is 31.0 Å². The molecule has 0 bridgehead atoms. The molecule has 126 valence electrons. The van der Waals surface area contributed by atoms with Gasteiger partial charge >= 0.3 is 0 Å². The first-order valence-corrected chi connectivity index (χ1v) is 8.34. The maximum Gasteiger partial charge on any atom is 0.203 e. The van der Waals surface area contributed by atoms with Gasteiger partial charge in [0.05, 0.1) is 10.6 Å². The van der Waals surface area contributed by atoms with Crippen molar-refractivity contribution in [3.63, 3.8) is 0 Å². The summed E-state index contributed by atoms with van der Waals surface area (Å²) in [6.07, 6.45) is 7.76.